The third kappa shape index (κ3) is 6.65. The van der Waals surface area contributed by atoms with Gasteiger partial charge in [0.15, 0.2) is 0 Å². The summed E-state index contributed by atoms with van der Waals surface area (Å²) in [5, 5.41) is 0. The predicted molar refractivity (Wildman–Crippen MR) is 130 cm³/mol. The normalized spacial score (nSPS) is 18.3. The van der Waals surface area contributed by atoms with Gasteiger partial charge in [0.05, 0.1) is 7.11 Å². The molecule has 1 saturated heterocycles. The number of nitrogens with zero attached hydrogens (tertiary/aromatic N) is 2. The van der Waals surface area contributed by atoms with Gasteiger partial charge in [-0.2, -0.15) is 0 Å². The fraction of sp³-hybridized carbons (Fsp3) is 0.520. The second-order valence-corrected chi connectivity index (χ2v) is 9.56. The SMILES string of the molecule is COc1ccc2c(c1)CN(CCCN1CCC(Cc3ccccc3)CC1)CCS2.Cl. The highest BCUT2D eigenvalue weighted by Crippen LogP contribution is 2.30. The Labute approximate surface area is 192 Å². The topological polar surface area (TPSA) is 15.7 Å². The molecule has 5 heteroatoms. The highest BCUT2D eigenvalue weighted by Gasteiger charge is 2.20. The van der Waals surface area contributed by atoms with Crippen LogP contribution in [0.4, 0.5) is 0 Å². The minimum atomic E-state index is 0. The molecular weight excluding hydrogens is 412 g/mol. The molecule has 2 aliphatic rings. The molecule has 0 radical (unpaired) electrons. The van der Waals surface area contributed by atoms with Gasteiger partial charge in [-0.25, -0.2) is 0 Å². The number of hydrogen-bond acceptors (Lipinski definition) is 4. The highest BCUT2D eigenvalue weighted by atomic mass is 35.5. The number of ether oxygens (including phenoxy) is 1. The van der Waals surface area contributed by atoms with E-state index in [1.165, 1.54) is 80.2 Å². The van der Waals surface area contributed by atoms with Gasteiger partial charge >= 0.3 is 0 Å². The molecule has 2 aromatic carbocycles. The molecule has 0 aromatic heterocycles. The van der Waals surface area contributed by atoms with Crippen molar-refractivity contribution in [3.63, 3.8) is 0 Å². The lowest BCUT2D eigenvalue weighted by Gasteiger charge is -2.32. The van der Waals surface area contributed by atoms with Gasteiger partial charge in [0.2, 0.25) is 0 Å². The van der Waals surface area contributed by atoms with E-state index in [1.54, 1.807) is 7.11 Å². The molecule has 0 amide bonds. The van der Waals surface area contributed by atoms with E-state index in [1.807, 2.05) is 11.8 Å². The molecule has 1 fully saturated rings. The van der Waals surface area contributed by atoms with Crippen molar-refractivity contribution in [3.05, 3.63) is 59.7 Å². The maximum atomic E-state index is 5.43. The van der Waals surface area contributed by atoms with E-state index in [0.29, 0.717) is 0 Å². The summed E-state index contributed by atoms with van der Waals surface area (Å²) >= 11 is 1.99. The largest absolute Gasteiger partial charge is 0.497 e. The number of benzene rings is 2. The molecule has 0 atom stereocenters. The van der Waals surface area contributed by atoms with Crippen LogP contribution in [0.1, 0.15) is 30.4 Å². The number of hydrogen-bond donors (Lipinski definition) is 0. The van der Waals surface area contributed by atoms with Gasteiger partial charge in [-0.05, 0) is 87.1 Å². The molecule has 0 aliphatic carbocycles. The Balaban J connectivity index is 0.00000256. The maximum absolute atomic E-state index is 5.43. The average molecular weight is 447 g/mol. The quantitative estimate of drug-likeness (QED) is 0.567. The third-order valence-corrected chi connectivity index (χ3v) is 7.45. The van der Waals surface area contributed by atoms with Gasteiger partial charge in [0.1, 0.15) is 5.75 Å². The van der Waals surface area contributed by atoms with Gasteiger partial charge < -0.3 is 9.64 Å². The van der Waals surface area contributed by atoms with Gasteiger partial charge in [0, 0.05) is 23.7 Å². The number of piperidine rings is 1. The lowest BCUT2D eigenvalue weighted by Crippen LogP contribution is -2.36. The Kier molecular flexibility index (Phi) is 9.38. The maximum Gasteiger partial charge on any atom is 0.119 e. The summed E-state index contributed by atoms with van der Waals surface area (Å²) in [4.78, 5) is 6.74. The molecule has 2 heterocycles. The Hall–Kier alpha value is -1.20. The molecule has 0 bridgehead atoms. The molecule has 2 aliphatic heterocycles. The lowest BCUT2D eigenvalue weighted by atomic mass is 9.90. The van der Waals surface area contributed by atoms with Crippen LogP contribution in [0.2, 0.25) is 0 Å². The van der Waals surface area contributed by atoms with Gasteiger partial charge in [0.25, 0.3) is 0 Å². The van der Waals surface area contributed by atoms with Crippen LogP contribution < -0.4 is 4.74 Å². The van der Waals surface area contributed by atoms with Crippen molar-refractivity contribution in [3.8, 4) is 5.75 Å². The lowest BCUT2D eigenvalue weighted by molar-refractivity contribution is 0.170. The molecule has 0 N–H and O–H groups in total. The zero-order chi connectivity index (χ0) is 19.9. The minimum absolute atomic E-state index is 0. The van der Waals surface area contributed by atoms with Crippen LogP contribution >= 0.6 is 24.2 Å². The highest BCUT2D eigenvalue weighted by molar-refractivity contribution is 7.99. The number of methoxy groups -OCH3 is 1. The fourth-order valence-electron chi connectivity index (χ4n) is 4.62. The van der Waals surface area contributed by atoms with Crippen LogP contribution in [0, 0.1) is 5.92 Å². The Bertz CT molecular complexity index is 765. The monoisotopic (exact) mass is 446 g/mol. The van der Waals surface area contributed by atoms with E-state index >= 15 is 0 Å². The summed E-state index contributed by atoms with van der Waals surface area (Å²) in [6.07, 6.45) is 5.22. The van der Waals surface area contributed by atoms with E-state index in [4.69, 9.17) is 4.74 Å². The van der Waals surface area contributed by atoms with Crippen LogP contribution in [0.5, 0.6) is 5.75 Å². The van der Waals surface area contributed by atoms with Crippen LogP contribution in [0.15, 0.2) is 53.4 Å². The number of halogens is 1. The van der Waals surface area contributed by atoms with Crippen molar-refractivity contribution in [1.82, 2.24) is 9.80 Å². The molecule has 30 heavy (non-hydrogen) atoms. The zero-order valence-electron chi connectivity index (χ0n) is 18.1. The fourth-order valence-corrected chi connectivity index (χ4v) is 5.66. The Morgan fingerprint density at radius 2 is 1.73 bits per heavy atom. The Morgan fingerprint density at radius 3 is 2.50 bits per heavy atom. The molecule has 3 nitrogen and oxygen atoms in total. The predicted octanol–water partition coefficient (Wildman–Crippen LogP) is 5.37. The number of thioether (sulfide) groups is 1. The van der Waals surface area contributed by atoms with Crippen LogP contribution in [0.25, 0.3) is 0 Å². The first kappa shape index (κ1) is 23.5. The van der Waals surface area contributed by atoms with Crippen molar-refractivity contribution in [2.24, 2.45) is 5.92 Å². The van der Waals surface area contributed by atoms with Crippen LogP contribution in [-0.4, -0.2) is 55.4 Å². The van der Waals surface area contributed by atoms with E-state index < -0.39 is 0 Å². The van der Waals surface area contributed by atoms with Crippen LogP contribution in [0.3, 0.4) is 0 Å². The van der Waals surface area contributed by atoms with Crippen LogP contribution in [-0.2, 0) is 13.0 Å². The molecule has 164 valence electrons. The standard InChI is InChI=1S/C25H34N2OS.ClH/c1-28-24-8-9-25-23(19-24)20-27(16-17-29-25)13-5-12-26-14-10-22(11-15-26)18-21-6-3-2-4-7-21;/h2-4,6-9,19,22H,5,10-18,20H2,1H3;1H. The van der Waals surface area contributed by atoms with E-state index in [2.05, 4.69) is 58.3 Å². The summed E-state index contributed by atoms with van der Waals surface area (Å²) in [6, 6.07) is 17.5. The van der Waals surface area contributed by atoms with Gasteiger partial charge in [-0.3, -0.25) is 4.90 Å². The summed E-state index contributed by atoms with van der Waals surface area (Å²) < 4.78 is 5.43. The minimum Gasteiger partial charge on any atom is -0.497 e. The summed E-state index contributed by atoms with van der Waals surface area (Å²) in [5.74, 6) is 3.02. The number of fused-ring (bicyclic) bond motifs is 1. The number of rotatable bonds is 7. The first-order valence-electron chi connectivity index (χ1n) is 11.1. The summed E-state index contributed by atoms with van der Waals surface area (Å²) in [7, 11) is 1.76. The Morgan fingerprint density at radius 1 is 0.967 bits per heavy atom. The molecule has 0 saturated carbocycles. The summed E-state index contributed by atoms with van der Waals surface area (Å²) in [6.45, 7) is 7.22. The molecule has 0 spiro atoms. The molecule has 4 rings (SSSR count). The van der Waals surface area contributed by atoms with E-state index in [-0.39, 0.29) is 12.4 Å². The molecular formula is C25H35ClN2OS. The van der Waals surface area contributed by atoms with Gasteiger partial charge in [-0.15, -0.1) is 24.2 Å². The van der Waals surface area contributed by atoms with Gasteiger partial charge in [-0.1, -0.05) is 30.3 Å². The van der Waals surface area contributed by atoms with Crippen molar-refractivity contribution in [2.45, 2.75) is 37.1 Å². The zero-order valence-corrected chi connectivity index (χ0v) is 19.7. The van der Waals surface area contributed by atoms with Crippen molar-refractivity contribution in [1.29, 1.82) is 0 Å². The summed E-state index contributed by atoms with van der Waals surface area (Å²) in [5.41, 5.74) is 2.93. The first-order chi connectivity index (χ1) is 14.3. The number of likely N-dealkylation sites (tertiary alicyclic amines) is 1. The average Bonchev–Trinajstić information content (AvgIpc) is 2.97. The smallest absolute Gasteiger partial charge is 0.119 e. The second kappa shape index (κ2) is 12.0. The van der Waals surface area contributed by atoms with E-state index in [0.717, 1.165) is 18.2 Å². The van der Waals surface area contributed by atoms with Crippen molar-refractivity contribution >= 4 is 24.2 Å². The first-order valence-corrected chi connectivity index (χ1v) is 12.1. The molecule has 2 aromatic rings. The van der Waals surface area contributed by atoms with Crippen molar-refractivity contribution in [2.75, 3.05) is 45.6 Å². The second-order valence-electron chi connectivity index (χ2n) is 8.43. The molecule has 0 unspecified atom stereocenters. The van der Waals surface area contributed by atoms with Crippen molar-refractivity contribution < 1.29 is 4.74 Å². The van der Waals surface area contributed by atoms with E-state index in [9.17, 15) is 0 Å². The third-order valence-electron chi connectivity index (χ3n) is 6.35.